The lowest BCUT2D eigenvalue weighted by atomic mass is 9.33. The van der Waals surface area contributed by atoms with Gasteiger partial charge in [-0.05, 0) is 94.6 Å². The first-order chi connectivity index (χ1) is 28.3. The van der Waals surface area contributed by atoms with E-state index in [4.69, 9.17) is 4.74 Å². The zero-order chi connectivity index (χ0) is 37.5. The third kappa shape index (κ3) is 4.76. The average Bonchev–Trinajstić information content (AvgIpc) is 3.60. The van der Waals surface area contributed by atoms with Crippen molar-refractivity contribution >= 4 is 89.8 Å². The Morgan fingerprint density at radius 1 is 0.404 bits per heavy atom. The summed E-state index contributed by atoms with van der Waals surface area (Å²) in [5.74, 6) is 1.76. The summed E-state index contributed by atoms with van der Waals surface area (Å²) in [6.45, 7) is -0.0843. The second kappa shape index (κ2) is 12.5. The van der Waals surface area contributed by atoms with E-state index in [1.165, 1.54) is 54.7 Å². The van der Waals surface area contributed by atoms with Gasteiger partial charge in [-0.2, -0.15) is 0 Å². The smallest absolute Gasteiger partial charge is 0.257 e. The molecule has 12 rings (SSSR count). The van der Waals surface area contributed by atoms with Gasteiger partial charge < -0.3 is 19.1 Å². The highest BCUT2D eigenvalue weighted by Crippen LogP contribution is 2.46. The third-order valence-electron chi connectivity index (χ3n) is 11.8. The summed E-state index contributed by atoms with van der Waals surface area (Å²) < 4.78 is 9.57. The van der Waals surface area contributed by atoms with Crippen LogP contribution in [-0.4, -0.2) is 11.3 Å². The monoisotopic (exact) mass is 727 g/mol. The molecule has 10 aromatic rings. The minimum absolute atomic E-state index is 0.0843. The Labute approximate surface area is 331 Å². The van der Waals surface area contributed by atoms with Gasteiger partial charge in [-0.1, -0.05) is 127 Å². The fourth-order valence-corrected chi connectivity index (χ4v) is 9.47. The number of rotatable bonds is 5. The normalized spacial score (nSPS) is 12.6. The molecule has 57 heavy (non-hydrogen) atoms. The summed E-state index contributed by atoms with van der Waals surface area (Å²) in [4.78, 5) is 4.79. The molecule has 0 N–H and O–H groups in total. The Bertz CT molecular complexity index is 3130. The number of anilines is 6. The van der Waals surface area contributed by atoms with Gasteiger partial charge in [-0.15, -0.1) is 0 Å². The molecular weight excluding hydrogens is 693 g/mol. The number of fused-ring (bicyclic) bond motifs is 9. The molecule has 1 aromatic heterocycles. The number of hydrogen-bond donors (Lipinski definition) is 0. The second-order valence-corrected chi connectivity index (χ2v) is 14.9. The first-order valence-electron chi connectivity index (χ1n) is 19.6. The summed E-state index contributed by atoms with van der Waals surface area (Å²) in [5, 5.41) is 4.81. The first-order valence-corrected chi connectivity index (χ1v) is 19.6. The molecule has 0 bridgehead atoms. The Morgan fingerprint density at radius 3 is 1.70 bits per heavy atom. The fourth-order valence-electron chi connectivity index (χ4n) is 9.47. The number of nitrogens with zero attached hydrogens (tertiary/aromatic N) is 3. The Balaban J connectivity index is 1.19. The topological polar surface area (TPSA) is 20.6 Å². The minimum atomic E-state index is -0.0843. The van der Waals surface area contributed by atoms with Crippen LogP contribution in [0.25, 0.3) is 38.3 Å². The molecule has 3 heterocycles. The standard InChI is InChI=1S/C52H34BN3O/c1-5-18-35(19-6-1)54(36-20-7-2-8-21-36)47-34-50-51(41-28-14-13-26-39(41)47)53-43-32-42-40-27-15-16-29-44(40)55(37-22-9-3-10-23-37)46(42)33-48(43)56(38-24-11-4-12-25-38)45-30-17-31-49(57-50)52(45)53/h1-34H. The number of ether oxygens (including phenoxy) is 1. The van der Waals surface area contributed by atoms with Crippen LogP contribution in [0.4, 0.5) is 34.1 Å². The zero-order valence-electron chi connectivity index (χ0n) is 31.0. The van der Waals surface area contributed by atoms with E-state index in [0.717, 1.165) is 45.6 Å². The number of benzene rings is 9. The van der Waals surface area contributed by atoms with E-state index in [1.807, 2.05) is 0 Å². The fraction of sp³-hybridized carbons (Fsp3) is 0. The molecule has 0 fully saturated rings. The summed E-state index contributed by atoms with van der Waals surface area (Å²) in [6.07, 6.45) is 0. The maximum absolute atomic E-state index is 7.16. The molecule has 0 saturated heterocycles. The summed E-state index contributed by atoms with van der Waals surface area (Å²) in [5.41, 5.74) is 13.8. The van der Waals surface area contributed by atoms with Gasteiger partial charge in [-0.3, -0.25) is 0 Å². The van der Waals surface area contributed by atoms with Gasteiger partial charge in [0.25, 0.3) is 6.71 Å². The lowest BCUT2D eigenvalue weighted by Gasteiger charge is -2.41. The molecule has 0 amide bonds. The number of aromatic nitrogens is 1. The molecule has 0 unspecified atom stereocenters. The molecule has 0 saturated carbocycles. The van der Waals surface area contributed by atoms with E-state index < -0.39 is 0 Å². The van der Waals surface area contributed by atoms with Crippen molar-refractivity contribution in [1.82, 2.24) is 4.57 Å². The van der Waals surface area contributed by atoms with Gasteiger partial charge in [0.1, 0.15) is 11.5 Å². The van der Waals surface area contributed by atoms with E-state index in [9.17, 15) is 0 Å². The van der Waals surface area contributed by atoms with Gasteiger partial charge >= 0.3 is 0 Å². The molecular formula is C52H34BN3O. The molecule has 0 spiro atoms. The molecule has 5 heteroatoms. The van der Waals surface area contributed by atoms with Crippen molar-refractivity contribution in [3.8, 4) is 17.2 Å². The SMILES string of the molecule is c1ccc(N2c3cc4c(cc3B3c5c(cccc52)Oc2cc(N(c5ccccc5)c5ccccc5)c5ccccc5c23)c2ccccc2n4-c2ccccc2)cc1. The zero-order valence-corrected chi connectivity index (χ0v) is 31.0. The van der Waals surface area contributed by atoms with Crippen molar-refractivity contribution in [2.45, 2.75) is 0 Å². The molecule has 4 nitrogen and oxygen atoms in total. The van der Waals surface area contributed by atoms with Gasteiger partial charge in [0.15, 0.2) is 0 Å². The highest BCUT2D eigenvalue weighted by Gasteiger charge is 2.43. The molecule has 2 aliphatic heterocycles. The molecule has 0 radical (unpaired) electrons. The van der Waals surface area contributed by atoms with Crippen molar-refractivity contribution in [3.05, 3.63) is 206 Å². The lowest BCUT2D eigenvalue weighted by molar-refractivity contribution is 0.488. The lowest BCUT2D eigenvalue weighted by Crippen LogP contribution is -2.59. The second-order valence-electron chi connectivity index (χ2n) is 14.9. The molecule has 266 valence electrons. The predicted octanol–water partition coefficient (Wildman–Crippen LogP) is 11.8. The van der Waals surface area contributed by atoms with Gasteiger partial charge in [0.05, 0.1) is 16.7 Å². The summed E-state index contributed by atoms with van der Waals surface area (Å²) in [7, 11) is 0. The Kier molecular flexibility index (Phi) is 6.99. The maximum atomic E-state index is 7.16. The summed E-state index contributed by atoms with van der Waals surface area (Å²) in [6, 6.07) is 74.2. The van der Waals surface area contributed by atoms with E-state index >= 15 is 0 Å². The van der Waals surface area contributed by atoms with Crippen molar-refractivity contribution < 1.29 is 4.74 Å². The van der Waals surface area contributed by atoms with Crippen LogP contribution < -0.4 is 30.9 Å². The van der Waals surface area contributed by atoms with Gasteiger partial charge in [0.2, 0.25) is 0 Å². The van der Waals surface area contributed by atoms with Crippen molar-refractivity contribution in [2.24, 2.45) is 0 Å². The van der Waals surface area contributed by atoms with Gasteiger partial charge in [0, 0.05) is 56.3 Å². The van der Waals surface area contributed by atoms with Crippen LogP contribution in [0.5, 0.6) is 11.5 Å². The van der Waals surface area contributed by atoms with Crippen molar-refractivity contribution in [2.75, 3.05) is 9.80 Å². The highest BCUT2D eigenvalue weighted by molar-refractivity contribution is 7.00. The van der Waals surface area contributed by atoms with Crippen LogP contribution in [-0.2, 0) is 0 Å². The van der Waals surface area contributed by atoms with Crippen LogP contribution in [0, 0.1) is 0 Å². The van der Waals surface area contributed by atoms with Crippen molar-refractivity contribution in [1.29, 1.82) is 0 Å². The number of para-hydroxylation sites is 5. The maximum Gasteiger partial charge on any atom is 0.257 e. The average molecular weight is 728 g/mol. The Hall–Kier alpha value is -7.50. The first kappa shape index (κ1) is 31.8. The van der Waals surface area contributed by atoms with Crippen LogP contribution in [0.3, 0.4) is 0 Å². The predicted molar refractivity (Wildman–Crippen MR) is 239 cm³/mol. The highest BCUT2D eigenvalue weighted by atomic mass is 16.5. The van der Waals surface area contributed by atoms with E-state index in [2.05, 4.69) is 221 Å². The third-order valence-corrected chi connectivity index (χ3v) is 11.8. The van der Waals surface area contributed by atoms with Gasteiger partial charge in [-0.25, -0.2) is 0 Å². The van der Waals surface area contributed by atoms with E-state index in [-0.39, 0.29) is 6.71 Å². The number of hydrogen-bond acceptors (Lipinski definition) is 3. The molecule has 0 aliphatic carbocycles. The van der Waals surface area contributed by atoms with Crippen LogP contribution in [0.1, 0.15) is 0 Å². The van der Waals surface area contributed by atoms with E-state index in [0.29, 0.717) is 0 Å². The molecule has 2 aliphatic rings. The summed E-state index contributed by atoms with van der Waals surface area (Å²) >= 11 is 0. The van der Waals surface area contributed by atoms with E-state index in [1.54, 1.807) is 0 Å². The molecule has 9 aromatic carbocycles. The minimum Gasteiger partial charge on any atom is -0.458 e. The van der Waals surface area contributed by atoms with Crippen molar-refractivity contribution in [3.63, 3.8) is 0 Å². The molecule has 0 atom stereocenters. The van der Waals surface area contributed by atoms with Crippen LogP contribution in [0.15, 0.2) is 206 Å². The van der Waals surface area contributed by atoms with Crippen LogP contribution in [0.2, 0.25) is 0 Å². The quantitative estimate of drug-likeness (QED) is 0.165. The Morgan fingerprint density at radius 2 is 1.00 bits per heavy atom. The largest absolute Gasteiger partial charge is 0.458 e. The van der Waals surface area contributed by atoms with Crippen LogP contribution >= 0.6 is 0 Å².